The Kier molecular flexibility index (Phi) is 3.95. The fourth-order valence-corrected chi connectivity index (χ4v) is 2.72. The van der Waals surface area contributed by atoms with Crippen molar-refractivity contribution in [1.29, 1.82) is 5.26 Å². The Morgan fingerprint density at radius 3 is 2.56 bits per heavy atom. The lowest BCUT2D eigenvalue weighted by molar-refractivity contribution is 0.0693. The van der Waals surface area contributed by atoms with E-state index in [1.165, 1.54) is 47.3 Å². The smallest absolute Gasteiger partial charge is 0.342 e. The van der Waals surface area contributed by atoms with Crippen molar-refractivity contribution in [1.82, 2.24) is 8.97 Å². The minimum atomic E-state index is -1.36. The molecule has 0 amide bonds. The molecule has 0 unspecified atom stereocenters. The molecule has 2 aromatic heterocycles. The first-order valence-corrected chi connectivity index (χ1v) is 7.26. The number of carboxylic acid groups (broad SMARTS) is 1. The number of hydrogen-bond acceptors (Lipinski definition) is 3. The number of hydrogen-bond donors (Lipinski definition) is 1. The maximum Gasteiger partial charge on any atom is 0.342 e. The Morgan fingerprint density at radius 2 is 2.00 bits per heavy atom. The van der Waals surface area contributed by atoms with Crippen LogP contribution in [0, 0.1) is 17.1 Å². The molecule has 3 aromatic rings. The molecule has 6 nitrogen and oxygen atoms in total. The van der Waals surface area contributed by atoms with Crippen molar-refractivity contribution in [3.8, 4) is 17.2 Å². The number of rotatable bonds is 4. The second kappa shape index (κ2) is 6.09. The largest absolute Gasteiger partial charge is 0.477 e. The number of carboxylic acids is 1. The molecule has 0 bridgehead atoms. The van der Waals surface area contributed by atoms with Crippen LogP contribution in [0.4, 0.5) is 4.39 Å². The van der Waals surface area contributed by atoms with E-state index in [-0.39, 0.29) is 17.8 Å². The van der Waals surface area contributed by atoms with Gasteiger partial charge in [-0.05, 0) is 17.7 Å². The highest BCUT2D eigenvalue weighted by Gasteiger charge is 2.20. The molecule has 0 saturated carbocycles. The lowest BCUT2D eigenvalue weighted by Gasteiger charge is -2.08. The molecule has 0 spiro atoms. The van der Waals surface area contributed by atoms with Crippen LogP contribution in [-0.4, -0.2) is 20.0 Å². The molecule has 1 aromatic carbocycles. The van der Waals surface area contributed by atoms with Crippen molar-refractivity contribution in [2.45, 2.75) is 6.54 Å². The number of nitriles is 1. The zero-order valence-corrected chi connectivity index (χ0v) is 12.9. The average Bonchev–Trinajstić information content (AvgIpc) is 2.98. The molecule has 25 heavy (non-hydrogen) atoms. The second-order valence-corrected chi connectivity index (χ2v) is 5.32. The van der Waals surface area contributed by atoms with E-state index in [1.807, 2.05) is 0 Å². The Balaban J connectivity index is 2.44. The predicted molar refractivity (Wildman–Crippen MR) is 88.9 cm³/mol. The summed E-state index contributed by atoms with van der Waals surface area (Å²) in [7, 11) is 0. The van der Waals surface area contributed by atoms with Crippen molar-refractivity contribution >= 4 is 11.6 Å². The van der Waals surface area contributed by atoms with Crippen LogP contribution in [0.5, 0.6) is 0 Å². The summed E-state index contributed by atoms with van der Waals surface area (Å²) in [6.07, 6.45) is 4.12. The van der Waals surface area contributed by atoms with E-state index in [0.717, 1.165) is 4.40 Å². The molecular formula is C18H12FN3O3. The van der Waals surface area contributed by atoms with Crippen LogP contribution in [-0.2, 0) is 6.54 Å². The molecule has 0 aliphatic rings. The van der Waals surface area contributed by atoms with E-state index in [1.54, 1.807) is 0 Å². The number of aromatic carboxylic acids is 1. The van der Waals surface area contributed by atoms with Gasteiger partial charge in [0, 0.05) is 24.5 Å². The Labute approximate surface area is 141 Å². The maximum absolute atomic E-state index is 13.2. The molecule has 0 fully saturated rings. The highest BCUT2D eigenvalue weighted by molar-refractivity contribution is 5.88. The summed E-state index contributed by atoms with van der Waals surface area (Å²) >= 11 is 0. The lowest BCUT2D eigenvalue weighted by atomic mass is 10.1. The first kappa shape index (κ1) is 16.2. The minimum absolute atomic E-state index is 0.197. The van der Waals surface area contributed by atoms with Gasteiger partial charge in [-0.1, -0.05) is 18.2 Å². The summed E-state index contributed by atoms with van der Waals surface area (Å²) < 4.78 is 15.8. The van der Waals surface area contributed by atoms with Gasteiger partial charge in [-0.15, -0.1) is 6.58 Å². The van der Waals surface area contributed by atoms with Crippen LogP contribution in [0.1, 0.15) is 15.9 Å². The van der Waals surface area contributed by atoms with Gasteiger partial charge in [0.05, 0.1) is 0 Å². The molecular weight excluding hydrogens is 325 g/mol. The van der Waals surface area contributed by atoms with Gasteiger partial charge in [0.15, 0.2) is 0 Å². The minimum Gasteiger partial charge on any atom is -0.477 e. The van der Waals surface area contributed by atoms with Gasteiger partial charge in [-0.2, -0.15) is 5.26 Å². The first-order chi connectivity index (χ1) is 12.0. The topological polar surface area (TPSA) is 87.5 Å². The fraction of sp³-hybridized carbons (Fsp3) is 0.0556. The van der Waals surface area contributed by atoms with Gasteiger partial charge in [-0.3, -0.25) is 9.20 Å². The summed E-state index contributed by atoms with van der Waals surface area (Å²) in [6.45, 7) is 3.82. The summed E-state index contributed by atoms with van der Waals surface area (Å²) in [5.41, 5.74) is 0.259. The molecule has 0 saturated heterocycles. The van der Waals surface area contributed by atoms with Crippen LogP contribution in [0.2, 0.25) is 0 Å². The molecule has 2 heterocycles. The molecule has 0 aliphatic carbocycles. The summed E-state index contributed by atoms with van der Waals surface area (Å²) in [5.74, 6) is -1.79. The number of fused-ring (bicyclic) bond motifs is 1. The number of halogens is 1. The van der Waals surface area contributed by atoms with Gasteiger partial charge in [0.2, 0.25) is 0 Å². The number of allylic oxidation sites excluding steroid dienone is 1. The zero-order chi connectivity index (χ0) is 18.1. The lowest BCUT2D eigenvalue weighted by Crippen LogP contribution is -2.24. The van der Waals surface area contributed by atoms with Crippen LogP contribution < -0.4 is 5.56 Å². The standard InChI is InChI=1S/C18H12FN3O3/c1-2-7-21-9-15(18(24)25)17(23)22-10-14(13(8-20)16(21)22)11-3-5-12(19)6-4-11/h2-6,9-10H,1,7H2,(H,24,25). The van der Waals surface area contributed by atoms with Crippen molar-refractivity contribution in [2.75, 3.05) is 0 Å². The van der Waals surface area contributed by atoms with Gasteiger partial charge in [0.1, 0.15) is 28.7 Å². The quantitative estimate of drug-likeness (QED) is 0.742. The molecule has 124 valence electrons. The first-order valence-electron chi connectivity index (χ1n) is 7.26. The van der Waals surface area contributed by atoms with E-state index in [9.17, 15) is 24.3 Å². The SMILES string of the molecule is C=CCn1cc(C(=O)O)c(=O)n2cc(-c3ccc(F)cc3)c(C#N)c12. The van der Waals surface area contributed by atoms with Crippen molar-refractivity contribution in [2.24, 2.45) is 0 Å². The Morgan fingerprint density at radius 1 is 1.32 bits per heavy atom. The van der Waals surface area contributed by atoms with Crippen molar-refractivity contribution < 1.29 is 14.3 Å². The third-order valence-corrected chi connectivity index (χ3v) is 3.81. The van der Waals surface area contributed by atoms with Gasteiger partial charge < -0.3 is 9.67 Å². The number of aromatic nitrogens is 2. The highest BCUT2D eigenvalue weighted by atomic mass is 19.1. The summed E-state index contributed by atoms with van der Waals surface area (Å²) in [5, 5.41) is 18.8. The second-order valence-electron chi connectivity index (χ2n) is 5.32. The molecule has 7 heteroatoms. The molecule has 0 atom stereocenters. The van der Waals surface area contributed by atoms with E-state index in [2.05, 4.69) is 12.6 Å². The number of carbonyl (C=O) groups is 1. The van der Waals surface area contributed by atoms with Crippen LogP contribution in [0.25, 0.3) is 16.8 Å². The van der Waals surface area contributed by atoms with Crippen molar-refractivity contribution in [3.63, 3.8) is 0 Å². The summed E-state index contributed by atoms with van der Waals surface area (Å²) in [4.78, 5) is 23.8. The van der Waals surface area contributed by atoms with Gasteiger partial charge >= 0.3 is 5.97 Å². The van der Waals surface area contributed by atoms with Gasteiger partial charge in [-0.25, -0.2) is 9.18 Å². The normalized spacial score (nSPS) is 10.6. The molecule has 0 aliphatic heterocycles. The fourth-order valence-electron chi connectivity index (χ4n) is 2.72. The third kappa shape index (κ3) is 2.60. The average molecular weight is 337 g/mol. The molecule has 0 radical (unpaired) electrons. The van der Waals surface area contributed by atoms with E-state index in [4.69, 9.17) is 0 Å². The molecule has 3 rings (SSSR count). The van der Waals surface area contributed by atoms with Crippen LogP contribution >= 0.6 is 0 Å². The molecule has 1 N–H and O–H groups in total. The number of benzene rings is 1. The Hall–Kier alpha value is -3.66. The summed E-state index contributed by atoms with van der Waals surface area (Å²) in [6, 6.07) is 7.53. The number of nitrogens with zero attached hydrogens (tertiary/aromatic N) is 3. The van der Waals surface area contributed by atoms with E-state index in [0.29, 0.717) is 11.1 Å². The zero-order valence-electron chi connectivity index (χ0n) is 12.9. The maximum atomic E-state index is 13.2. The monoisotopic (exact) mass is 337 g/mol. The Bertz CT molecular complexity index is 1100. The van der Waals surface area contributed by atoms with E-state index >= 15 is 0 Å². The van der Waals surface area contributed by atoms with E-state index < -0.39 is 22.9 Å². The van der Waals surface area contributed by atoms with Crippen molar-refractivity contribution in [3.05, 3.63) is 76.6 Å². The third-order valence-electron chi connectivity index (χ3n) is 3.81. The highest BCUT2D eigenvalue weighted by Crippen LogP contribution is 2.28. The van der Waals surface area contributed by atoms with Gasteiger partial charge in [0.25, 0.3) is 5.56 Å². The van der Waals surface area contributed by atoms with Crippen LogP contribution in [0.3, 0.4) is 0 Å². The van der Waals surface area contributed by atoms with Crippen LogP contribution in [0.15, 0.2) is 54.1 Å². The predicted octanol–water partition coefficient (Wildman–Crippen LogP) is 2.66.